The highest BCUT2D eigenvalue weighted by atomic mass is 16.6. The number of hydrogen-bond donors (Lipinski definition) is 2. The average molecular weight is 301 g/mol. The maximum absolute atomic E-state index is 12.2. The van der Waals surface area contributed by atoms with E-state index >= 15 is 0 Å². The molecule has 1 saturated heterocycles. The van der Waals surface area contributed by atoms with Crippen molar-refractivity contribution in [3.63, 3.8) is 0 Å². The molecule has 1 saturated carbocycles. The fraction of sp³-hybridized carbons (Fsp3) is 0.857. The molecule has 0 aromatic heterocycles. The molecule has 21 heavy (non-hydrogen) atoms. The highest BCUT2D eigenvalue weighted by Gasteiger charge is 2.66. The van der Waals surface area contributed by atoms with Gasteiger partial charge in [0, 0.05) is 18.4 Å². The Balaban J connectivity index is 2.10. The van der Waals surface area contributed by atoms with Gasteiger partial charge in [-0.05, 0) is 6.92 Å². The number of carbonyl (C=O) groups excluding carboxylic acids is 1. The summed E-state index contributed by atoms with van der Waals surface area (Å²) in [5.41, 5.74) is -2.02. The minimum absolute atomic E-state index is 0.150. The van der Waals surface area contributed by atoms with Crippen LogP contribution in [0.25, 0.3) is 0 Å². The molecule has 120 valence electrons. The number of carboxylic acid groups (broad SMARTS) is 1. The van der Waals surface area contributed by atoms with E-state index in [4.69, 9.17) is 14.2 Å². The zero-order valence-electron chi connectivity index (χ0n) is 12.7. The van der Waals surface area contributed by atoms with E-state index in [9.17, 15) is 14.7 Å². The van der Waals surface area contributed by atoms with Crippen molar-refractivity contribution in [3.05, 3.63) is 0 Å². The third kappa shape index (κ3) is 2.65. The Hall–Kier alpha value is -1.18. The van der Waals surface area contributed by atoms with Crippen molar-refractivity contribution in [2.45, 2.75) is 44.9 Å². The van der Waals surface area contributed by atoms with E-state index in [1.54, 1.807) is 13.8 Å². The largest absolute Gasteiger partial charge is 0.479 e. The van der Waals surface area contributed by atoms with Gasteiger partial charge >= 0.3 is 5.97 Å². The Morgan fingerprint density at radius 2 is 2.10 bits per heavy atom. The van der Waals surface area contributed by atoms with Crippen LogP contribution in [-0.2, 0) is 23.8 Å². The van der Waals surface area contributed by atoms with Gasteiger partial charge < -0.3 is 24.6 Å². The maximum Gasteiger partial charge on any atom is 0.330 e. The predicted octanol–water partition coefficient (Wildman–Crippen LogP) is 0.176. The molecule has 1 heterocycles. The number of aliphatic carboxylic acids is 1. The van der Waals surface area contributed by atoms with Crippen molar-refractivity contribution in [1.29, 1.82) is 0 Å². The van der Waals surface area contributed by atoms with Crippen LogP contribution in [0.5, 0.6) is 0 Å². The molecule has 0 spiro atoms. The Bertz CT molecular complexity index is 418. The summed E-state index contributed by atoms with van der Waals surface area (Å²) in [5, 5.41) is 12.3. The summed E-state index contributed by atoms with van der Waals surface area (Å²) in [6, 6.07) is 0. The molecule has 2 N–H and O–H groups in total. The lowest BCUT2D eigenvalue weighted by Crippen LogP contribution is -2.77. The summed E-state index contributed by atoms with van der Waals surface area (Å²) < 4.78 is 16.1. The molecule has 0 aromatic rings. The zero-order chi connectivity index (χ0) is 15.7. The smallest absolute Gasteiger partial charge is 0.330 e. The molecular weight excluding hydrogens is 278 g/mol. The lowest BCUT2D eigenvalue weighted by molar-refractivity contribution is -0.198. The van der Waals surface area contributed by atoms with Crippen LogP contribution < -0.4 is 5.32 Å². The second-order valence-electron chi connectivity index (χ2n) is 6.00. The first kappa shape index (κ1) is 16.2. The minimum atomic E-state index is -1.33. The molecule has 0 bridgehead atoms. The Labute approximate surface area is 123 Å². The molecule has 1 aliphatic heterocycles. The maximum atomic E-state index is 12.2. The van der Waals surface area contributed by atoms with Gasteiger partial charge in [-0.3, -0.25) is 4.79 Å². The summed E-state index contributed by atoms with van der Waals surface area (Å²) in [4.78, 5) is 24.0. The predicted molar refractivity (Wildman–Crippen MR) is 72.9 cm³/mol. The SMILES string of the molecule is CCO[C@@H]1C[C@@](NC(=O)[C@@H]2COCCO2)(C(=O)O)C1(C)C. The highest BCUT2D eigenvalue weighted by Crippen LogP contribution is 2.51. The average Bonchev–Trinajstić information content (AvgIpc) is 2.46. The van der Waals surface area contributed by atoms with Gasteiger partial charge in [-0.2, -0.15) is 0 Å². The third-order valence-corrected chi connectivity index (χ3v) is 4.57. The summed E-state index contributed by atoms with van der Waals surface area (Å²) in [7, 11) is 0. The van der Waals surface area contributed by atoms with Gasteiger partial charge in [0.2, 0.25) is 0 Å². The van der Waals surface area contributed by atoms with E-state index in [2.05, 4.69) is 5.32 Å². The van der Waals surface area contributed by atoms with Gasteiger partial charge in [0.1, 0.15) is 5.54 Å². The first-order valence-electron chi connectivity index (χ1n) is 7.21. The van der Waals surface area contributed by atoms with Crippen molar-refractivity contribution in [2.24, 2.45) is 5.41 Å². The molecule has 2 rings (SSSR count). The van der Waals surface area contributed by atoms with E-state index in [-0.39, 0.29) is 19.1 Å². The lowest BCUT2D eigenvalue weighted by Gasteiger charge is -2.58. The van der Waals surface area contributed by atoms with Crippen LogP contribution >= 0.6 is 0 Å². The second kappa shape index (κ2) is 5.90. The van der Waals surface area contributed by atoms with Crippen molar-refractivity contribution in [3.8, 4) is 0 Å². The topological polar surface area (TPSA) is 94.1 Å². The number of hydrogen-bond acceptors (Lipinski definition) is 5. The van der Waals surface area contributed by atoms with E-state index in [0.29, 0.717) is 19.8 Å². The monoisotopic (exact) mass is 301 g/mol. The van der Waals surface area contributed by atoms with Gasteiger partial charge in [-0.15, -0.1) is 0 Å². The first-order chi connectivity index (χ1) is 9.85. The van der Waals surface area contributed by atoms with Crippen LogP contribution in [0.4, 0.5) is 0 Å². The summed E-state index contributed by atoms with van der Waals surface area (Å²) >= 11 is 0. The van der Waals surface area contributed by atoms with Gasteiger partial charge in [-0.1, -0.05) is 13.8 Å². The fourth-order valence-corrected chi connectivity index (χ4v) is 2.97. The van der Waals surface area contributed by atoms with Crippen LogP contribution in [0.2, 0.25) is 0 Å². The van der Waals surface area contributed by atoms with Crippen LogP contribution in [0.15, 0.2) is 0 Å². The molecule has 1 aliphatic carbocycles. The zero-order valence-corrected chi connectivity index (χ0v) is 12.7. The van der Waals surface area contributed by atoms with Crippen LogP contribution in [-0.4, -0.2) is 61.2 Å². The molecule has 2 fully saturated rings. The molecule has 1 amide bonds. The Morgan fingerprint density at radius 1 is 1.38 bits per heavy atom. The van der Waals surface area contributed by atoms with E-state index in [0.717, 1.165) is 0 Å². The van der Waals surface area contributed by atoms with E-state index in [1.165, 1.54) is 0 Å². The van der Waals surface area contributed by atoms with Gasteiger partial charge in [0.15, 0.2) is 6.10 Å². The molecular formula is C14H23NO6. The Morgan fingerprint density at radius 3 is 2.57 bits per heavy atom. The summed E-state index contributed by atoms with van der Waals surface area (Å²) in [6.45, 7) is 6.90. The number of ether oxygens (including phenoxy) is 3. The molecule has 3 atom stereocenters. The molecule has 0 radical (unpaired) electrons. The Kier molecular flexibility index (Phi) is 4.55. The normalized spacial score (nSPS) is 34.8. The number of nitrogens with one attached hydrogen (secondary N) is 1. The molecule has 7 nitrogen and oxygen atoms in total. The minimum Gasteiger partial charge on any atom is -0.479 e. The standard InChI is InChI=1S/C14H23NO6/c1-4-20-10-7-14(12(17)18,13(10,2)3)15-11(16)9-8-19-5-6-21-9/h9-10H,4-8H2,1-3H3,(H,15,16)(H,17,18)/t9-,10+,14+/m0/s1. The van der Waals surface area contributed by atoms with Crippen molar-refractivity contribution in [2.75, 3.05) is 26.4 Å². The quantitative estimate of drug-likeness (QED) is 0.752. The number of rotatable bonds is 5. The summed E-state index contributed by atoms with van der Waals surface area (Å²) in [5.74, 6) is -1.49. The van der Waals surface area contributed by atoms with Gasteiger partial charge in [0.05, 0.1) is 25.9 Å². The number of amides is 1. The van der Waals surface area contributed by atoms with Crippen molar-refractivity contribution in [1.82, 2.24) is 5.32 Å². The highest BCUT2D eigenvalue weighted by molar-refractivity contribution is 5.91. The number of carboxylic acids is 1. The molecule has 0 unspecified atom stereocenters. The fourth-order valence-electron chi connectivity index (χ4n) is 2.97. The van der Waals surface area contributed by atoms with Crippen molar-refractivity contribution >= 4 is 11.9 Å². The van der Waals surface area contributed by atoms with Gasteiger partial charge in [0.25, 0.3) is 5.91 Å². The third-order valence-electron chi connectivity index (χ3n) is 4.57. The van der Waals surface area contributed by atoms with Crippen LogP contribution in [0.1, 0.15) is 27.2 Å². The van der Waals surface area contributed by atoms with Gasteiger partial charge in [-0.25, -0.2) is 4.79 Å². The first-order valence-corrected chi connectivity index (χ1v) is 7.21. The number of carbonyl (C=O) groups is 2. The van der Waals surface area contributed by atoms with E-state index < -0.39 is 28.9 Å². The lowest BCUT2D eigenvalue weighted by atomic mass is 9.54. The molecule has 7 heteroatoms. The van der Waals surface area contributed by atoms with Crippen molar-refractivity contribution < 1.29 is 28.9 Å². The summed E-state index contributed by atoms with van der Waals surface area (Å²) in [6.07, 6.45) is -0.693. The van der Waals surface area contributed by atoms with Crippen LogP contribution in [0.3, 0.4) is 0 Å². The van der Waals surface area contributed by atoms with E-state index in [1.807, 2.05) is 6.92 Å². The molecule has 0 aromatic carbocycles. The second-order valence-corrected chi connectivity index (χ2v) is 6.00. The molecule has 2 aliphatic rings. The van der Waals surface area contributed by atoms with Crippen LogP contribution in [0, 0.1) is 5.41 Å².